The van der Waals surface area contributed by atoms with Gasteiger partial charge in [0.1, 0.15) is 0 Å². The molecule has 3 N–H and O–H groups in total. The molecule has 0 aliphatic heterocycles. The molecule has 0 heterocycles. The molecule has 0 aromatic carbocycles. The summed E-state index contributed by atoms with van der Waals surface area (Å²) >= 11 is -5.72. The zero-order chi connectivity index (χ0) is 10.7. The standard InChI is InChI=1S/CH2O3.3Na.2H2O3S/c2-1(3)4;;;;2*1-4(2)3/h(H2,2,3,4);;;;2*(H2,1,2,3)/q;3*+1;;/p-3. The third kappa shape index (κ3) is 587. The van der Waals surface area contributed by atoms with Crippen molar-refractivity contribution in [2.75, 3.05) is 0 Å². The summed E-state index contributed by atoms with van der Waals surface area (Å²) in [7, 11) is 0. The predicted molar refractivity (Wildman–Crippen MR) is 31.1 cm³/mol. The molecule has 0 bridgehead atoms. The quantitative estimate of drug-likeness (QED) is 0.288. The molecule has 0 spiro atoms. The van der Waals surface area contributed by atoms with E-state index in [1.54, 1.807) is 0 Å². The molecule has 9 nitrogen and oxygen atoms in total. The fourth-order valence-corrected chi connectivity index (χ4v) is 0. The van der Waals surface area contributed by atoms with Gasteiger partial charge in [-0.25, -0.2) is 0 Å². The number of hydrogen-bond acceptors (Lipinski definition) is 6. The molecular formula is CH3Na3O9S2. The Bertz CT molecular complexity index is 121. The molecule has 0 unspecified atom stereocenters. The van der Waals surface area contributed by atoms with Gasteiger partial charge in [-0.1, -0.05) is 0 Å². The first kappa shape index (κ1) is 36.0. The zero-order valence-corrected chi connectivity index (χ0v) is 15.7. The van der Waals surface area contributed by atoms with Crippen LogP contribution in [-0.2, 0) is 22.7 Å². The average molecular weight is 292 g/mol. The molecule has 0 saturated carbocycles. The van der Waals surface area contributed by atoms with Gasteiger partial charge >= 0.3 is 88.7 Å². The summed E-state index contributed by atoms with van der Waals surface area (Å²) in [5.41, 5.74) is 0. The Hall–Kier alpha value is 2.41. The summed E-state index contributed by atoms with van der Waals surface area (Å²) in [5.74, 6) is 0. The number of rotatable bonds is 0. The van der Waals surface area contributed by atoms with Crippen LogP contribution < -0.4 is 93.8 Å². The fraction of sp³-hybridized carbons (Fsp3) is 0. The van der Waals surface area contributed by atoms with Crippen molar-refractivity contribution in [3.05, 3.63) is 0 Å². The maximum atomic E-state index is 8.67. The molecule has 0 aromatic heterocycles. The van der Waals surface area contributed by atoms with E-state index in [1.807, 2.05) is 0 Å². The van der Waals surface area contributed by atoms with Crippen molar-refractivity contribution < 1.29 is 130 Å². The van der Waals surface area contributed by atoms with Crippen molar-refractivity contribution in [2.24, 2.45) is 0 Å². The molecule has 14 heteroatoms. The smallest absolute Gasteiger partial charge is 0.784 e. The van der Waals surface area contributed by atoms with E-state index < -0.39 is 28.9 Å². The predicted octanol–water partition coefficient (Wildman–Crippen LogP) is -11.4. The van der Waals surface area contributed by atoms with Gasteiger partial charge in [0.05, 0.1) is 0 Å². The second kappa shape index (κ2) is 29.9. The van der Waals surface area contributed by atoms with E-state index in [2.05, 4.69) is 0 Å². The molecule has 0 amide bonds. The Morgan fingerprint density at radius 1 is 1.00 bits per heavy atom. The summed E-state index contributed by atoms with van der Waals surface area (Å²) < 4.78 is 48.2. The van der Waals surface area contributed by atoms with Gasteiger partial charge in [0.25, 0.3) is 11.4 Å². The first-order chi connectivity index (χ1) is 5.20. The minimum atomic E-state index is -3.11. The van der Waals surface area contributed by atoms with E-state index in [1.165, 1.54) is 0 Å². The number of carboxylic acid groups (broad SMARTS) is 2. The SMILES string of the molecule is O=C([O-])O.O=S(O)O.O=S([O-])[O-].[Na+].[Na+].[Na+]. The third-order valence-electron chi connectivity index (χ3n) is 0. The van der Waals surface area contributed by atoms with E-state index in [0.717, 1.165) is 0 Å². The van der Waals surface area contributed by atoms with E-state index in [-0.39, 0.29) is 88.7 Å². The van der Waals surface area contributed by atoms with Gasteiger partial charge in [-0.15, -0.1) is 11.4 Å². The second-order valence-electron chi connectivity index (χ2n) is 0.701. The van der Waals surface area contributed by atoms with Crippen LogP contribution in [0.2, 0.25) is 0 Å². The molecule has 0 fully saturated rings. The topological polar surface area (TPSA) is 181 Å². The van der Waals surface area contributed by atoms with Gasteiger partial charge in [-0.3, -0.25) is 13.3 Å². The largest absolute Gasteiger partial charge is 1.00 e. The zero-order valence-electron chi connectivity index (χ0n) is 8.11. The van der Waals surface area contributed by atoms with Gasteiger partial charge < -0.3 is 24.1 Å². The molecule has 0 aromatic rings. The molecule has 15 heavy (non-hydrogen) atoms. The maximum Gasteiger partial charge on any atom is 1.00 e. The van der Waals surface area contributed by atoms with Crippen molar-refractivity contribution in [3.8, 4) is 0 Å². The first-order valence-corrected chi connectivity index (χ1v) is 3.73. The third-order valence-corrected chi connectivity index (χ3v) is 0. The van der Waals surface area contributed by atoms with Crippen LogP contribution >= 0.6 is 0 Å². The number of hydrogen-bond donors (Lipinski definition) is 3. The van der Waals surface area contributed by atoms with Crippen LogP contribution in [0.4, 0.5) is 4.79 Å². The summed E-state index contributed by atoms with van der Waals surface area (Å²) in [6.45, 7) is 0. The molecule has 0 radical (unpaired) electrons. The van der Waals surface area contributed by atoms with E-state index in [0.29, 0.717) is 0 Å². The average Bonchev–Trinajstić information content (AvgIpc) is 1.54. The van der Waals surface area contributed by atoms with Crippen molar-refractivity contribution in [1.82, 2.24) is 0 Å². The Labute approximate surface area is 157 Å². The molecule has 0 rings (SSSR count). The molecular weight excluding hydrogens is 289 g/mol. The Morgan fingerprint density at radius 2 is 1.00 bits per heavy atom. The molecule has 76 valence electrons. The van der Waals surface area contributed by atoms with Crippen LogP contribution in [0, 0.1) is 0 Å². The maximum absolute atomic E-state index is 8.67. The first-order valence-electron chi connectivity index (χ1n) is 1.66. The minimum absolute atomic E-state index is 0. The monoisotopic (exact) mass is 292 g/mol. The van der Waals surface area contributed by atoms with E-state index >= 15 is 0 Å². The molecule has 0 aliphatic carbocycles. The van der Waals surface area contributed by atoms with Crippen LogP contribution in [0.25, 0.3) is 0 Å². The van der Waals surface area contributed by atoms with Crippen molar-refractivity contribution in [2.45, 2.75) is 0 Å². The second-order valence-corrected chi connectivity index (χ2v) is 1.57. The van der Waals surface area contributed by atoms with E-state index in [4.69, 9.17) is 41.6 Å². The Morgan fingerprint density at radius 3 is 1.00 bits per heavy atom. The van der Waals surface area contributed by atoms with E-state index in [9.17, 15) is 0 Å². The minimum Gasteiger partial charge on any atom is -0.784 e. The summed E-state index contributed by atoms with van der Waals surface area (Å²) in [5, 5.41) is 15.3. The van der Waals surface area contributed by atoms with Crippen LogP contribution in [0.15, 0.2) is 0 Å². The van der Waals surface area contributed by atoms with Crippen molar-refractivity contribution in [3.63, 3.8) is 0 Å². The summed E-state index contributed by atoms with van der Waals surface area (Å²) in [4.78, 5) is 8.44. The van der Waals surface area contributed by atoms with Gasteiger partial charge in [0, 0.05) is 0 Å². The normalized spacial score (nSPS) is 6.27. The van der Waals surface area contributed by atoms with Crippen LogP contribution in [0.3, 0.4) is 0 Å². The van der Waals surface area contributed by atoms with Crippen molar-refractivity contribution >= 4 is 28.9 Å². The molecule has 0 aliphatic rings. The van der Waals surface area contributed by atoms with Crippen LogP contribution in [0.5, 0.6) is 0 Å². The van der Waals surface area contributed by atoms with Gasteiger partial charge in [0.15, 0.2) is 0 Å². The number of carbonyl (C=O) groups is 1. The van der Waals surface area contributed by atoms with Crippen molar-refractivity contribution in [1.29, 1.82) is 0 Å². The fourth-order valence-electron chi connectivity index (χ4n) is 0. The Kier molecular flexibility index (Phi) is 71.9. The summed E-state index contributed by atoms with van der Waals surface area (Å²) in [6.07, 6.45) is -2.08. The van der Waals surface area contributed by atoms with Gasteiger partial charge in [-0.2, -0.15) is 4.21 Å². The molecule has 0 saturated heterocycles. The van der Waals surface area contributed by atoms with Gasteiger partial charge in [-0.05, 0) is 0 Å². The Balaban J connectivity index is -0.0000000184. The van der Waals surface area contributed by atoms with Crippen LogP contribution in [-0.4, -0.2) is 37.9 Å². The van der Waals surface area contributed by atoms with Crippen LogP contribution in [0.1, 0.15) is 0 Å². The summed E-state index contributed by atoms with van der Waals surface area (Å²) in [6, 6.07) is 0. The van der Waals surface area contributed by atoms with Gasteiger partial charge in [0.2, 0.25) is 6.16 Å². The molecule has 0 atom stereocenters.